The number of anilines is 1. The molecule has 1 unspecified atom stereocenters. The summed E-state index contributed by atoms with van der Waals surface area (Å²) < 4.78 is 5.51. The molecular weight excluding hydrogens is 318 g/mol. The Hall–Kier alpha value is -3.15. The van der Waals surface area contributed by atoms with E-state index in [4.69, 9.17) is 4.74 Å². The molecule has 0 fully saturated rings. The number of carbonyl (C=O) groups excluding carboxylic acids is 2. The Morgan fingerprint density at radius 2 is 2.04 bits per heavy atom. The summed E-state index contributed by atoms with van der Waals surface area (Å²) in [5, 5.41) is 6.67. The fraction of sp³-hybridized carbons (Fsp3) is 0.211. The molecule has 6 heteroatoms. The largest absolute Gasteiger partial charge is 0.483 e. The summed E-state index contributed by atoms with van der Waals surface area (Å²) in [7, 11) is 0. The topological polar surface area (TPSA) is 79.8 Å². The number of benzene rings is 2. The number of hydrogen-bond acceptors (Lipinski definition) is 4. The van der Waals surface area contributed by atoms with E-state index in [0.717, 1.165) is 22.4 Å². The van der Waals surface area contributed by atoms with Crippen molar-refractivity contribution < 1.29 is 14.3 Å². The predicted molar refractivity (Wildman–Crippen MR) is 95.9 cm³/mol. The number of amides is 2. The van der Waals surface area contributed by atoms with Gasteiger partial charge in [-0.2, -0.15) is 5.10 Å². The van der Waals surface area contributed by atoms with Crippen LogP contribution in [0.3, 0.4) is 0 Å². The fourth-order valence-corrected chi connectivity index (χ4v) is 2.62. The smallest absolute Gasteiger partial charge is 0.277 e. The Labute approximate surface area is 145 Å². The number of carbonyl (C=O) groups is 2. The molecule has 6 nitrogen and oxygen atoms in total. The Bertz CT molecular complexity index is 846. The van der Waals surface area contributed by atoms with Crippen LogP contribution in [0.2, 0.25) is 0 Å². The highest BCUT2D eigenvalue weighted by atomic mass is 16.5. The maximum absolute atomic E-state index is 11.9. The molecule has 0 radical (unpaired) electrons. The molecule has 1 atom stereocenters. The van der Waals surface area contributed by atoms with Gasteiger partial charge < -0.3 is 10.1 Å². The van der Waals surface area contributed by atoms with Crippen molar-refractivity contribution in [3.8, 4) is 5.75 Å². The molecule has 0 bridgehead atoms. The number of hydrogen-bond donors (Lipinski definition) is 2. The van der Waals surface area contributed by atoms with Gasteiger partial charge in [0, 0.05) is 11.9 Å². The normalized spacial score (nSPS) is 15.8. The zero-order chi connectivity index (χ0) is 17.8. The first-order chi connectivity index (χ1) is 12.1. The lowest BCUT2D eigenvalue weighted by molar-refractivity contribution is -0.123. The number of nitrogens with zero attached hydrogens (tertiary/aromatic N) is 1. The number of hydrazone groups is 1. The van der Waals surface area contributed by atoms with Gasteiger partial charge in [-0.25, -0.2) is 5.43 Å². The summed E-state index contributed by atoms with van der Waals surface area (Å²) >= 11 is 0. The molecule has 0 spiro atoms. The lowest BCUT2D eigenvalue weighted by Crippen LogP contribution is -2.25. The van der Waals surface area contributed by atoms with E-state index in [1.807, 2.05) is 56.3 Å². The van der Waals surface area contributed by atoms with E-state index in [1.54, 1.807) is 0 Å². The zero-order valence-electron chi connectivity index (χ0n) is 14.1. The van der Waals surface area contributed by atoms with Gasteiger partial charge in [-0.1, -0.05) is 30.3 Å². The first-order valence-corrected chi connectivity index (χ1v) is 7.97. The van der Waals surface area contributed by atoms with Crippen LogP contribution in [0, 0.1) is 13.8 Å². The molecule has 0 aromatic heterocycles. The average molecular weight is 337 g/mol. The van der Waals surface area contributed by atoms with Gasteiger partial charge in [0.25, 0.3) is 5.91 Å². The Morgan fingerprint density at radius 3 is 2.88 bits per heavy atom. The van der Waals surface area contributed by atoms with E-state index >= 15 is 0 Å². The number of nitrogens with one attached hydrogen (secondary N) is 2. The molecule has 2 aromatic carbocycles. The van der Waals surface area contributed by atoms with Crippen LogP contribution in [0.15, 0.2) is 47.6 Å². The van der Waals surface area contributed by atoms with Gasteiger partial charge in [0.15, 0.2) is 6.61 Å². The van der Waals surface area contributed by atoms with Gasteiger partial charge in [0.1, 0.15) is 11.7 Å². The van der Waals surface area contributed by atoms with E-state index in [0.29, 0.717) is 5.75 Å². The van der Waals surface area contributed by atoms with E-state index < -0.39 is 5.92 Å². The molecule has 0 saturated heterocycles. The molecular formula is C19H19N3O3. The Kier molecular flexibility index (Phi) is 4.79. The van der Waals surface area contributed by atoms with Crippen LogP contribution in [0.1, 0.15) is 22.6 Å². The quantitative estimate of drug-likeness (QED) is 0.650. The summed E-state index contributed by atoms with van der Waals surface area (Å²) in [6.45, 7) is 3.78. The van der Waals surface area contributed by atoms with Gasteiger partial charge in [-0.3, -0.25) is 9.59 Å². The van der Waals surface area contributed by atoms with Crippen molar-refractivity contribution in [2.45, 2.75) is 19.8 Å². The molecule has 25 heavy (non-hydrogen) atoms. The molecule has 0 saturated carbocycles. The molecule has 1 heterocycles. The van der Waals surface area contributed by atoms with E-state index in [-0.39, 0.29) is 18.4 Å². The summed E-state index contributed by atoms with van der Waals surface area (Å²) in [6, 6.07) is 13.1. The average Bonchev–Trinajstić information content (AvgIpc) is 2.92. The first kappa shape index (κ1) is 16.7. The monoisotopic (exact) mass is 337 g/mol. The van der Waals surface area contributed by atoms with Crippen LogP contribution >= 0.6 is 0 Å². The number of rotatable bonds is 5. The van der Waals surface area contributed by atoms with Crippen LogP contribution in [0.25, 0.3) is 0 Å². The van der Waals surface area contributed by atoms with Gasteiger partial charge in [-0.15, -0.1) is 0 Å². The molecule has 1 aliphatic rings. The van der Waals surface area contributed by atoms with Crippen molar-refractivity contribution in [2.24, 2.45) is 5.10 Å². The van der Waals surface area contributed by atoms with Crippen LogP contribution in [-0.2, 0) is 9.59 Å². The summed E-state index contributed by atoms with van der Waals surface area (Å²) in [4.78, 5) is 23.8. The Morgan fingerprint density at radius 1 is 1.24 bits per heavy atom. The molecule has 1 aliphatic heterocycles. The second kappa shape index (κ2) is 7.17. The first-order valence-electron chi connectivity index (χ1n) is 7.97. The number of fused-ring (bicyclic) bond motifs is 1. The van der Waals surface area contributed by atoms with Crippen LogP contribution in [0.4, 0.5) is 5.69 Å². The lowest BCUT2D eigenvalue weighted by Gasteiger charge is -2.09. The minimum absolute atomic E-state index is 0.144. The van der Waals surface area contributed by atoms with Crippen molar-refractivity contribution in [3.05, 3.63) is 59.2 Å². The molecule has 2 aromatic rings. The molecule has 128 valence electrons. The van der Waals surface area contributed by atoms with E-state index in [2.05, 4.69) is 15.8 Å². The number of ether oxygens (including phenoxy) is 1. The third-order valence-electron chi connectivity index (χ3n) is 4.16. The van der Waals surface area contributed by atoms with Crippen molar-refractivity contribution in [3.63, 3.8) is 0 Å². The third kappa shape index (κ3) is 3.68. The third-order valence-corrected chi connectivity index (χ3v) is 4.16. The van der Waals surface area contributed by atoms with Gasteiger partial charge in [0.2, 0.25) is 5.91 Å². The highest BCUT2D eigenvalue weighted by Gasteiger charge is 2.28. The highest BCUT2D eigenvalue weighted by Crippen LogP contribution is 2.30. The maximum Gasteiger partial charge on any atom is 0.277 e. The van der Waals surface area contributed by atoms with Crippen LogP contribution in [0.5, 0.6) is 5.75 Å². The van der Waals surface area contributed by atoms with Crippen LogP contribution < -0.4 is 15.5 Å². The second-order valence-corrected chi connectivity index (χ2v) is 5.85. The predicted octanol–water partition coefficient (Wildman–Crippen LogP) is 2.52. The van der Waals surface area contributed by atoms with Gasteiger partial charge >= 0.3 is 0 Å². The van der Waals surface area contributed by atoms with Gasteiger partial charge in [0.05, 0.1) is 0 Å². The fourth-order valence-electron chi connectivity index (χ4n) is 2.62. The highest BCUT2D eigenvalue weighted by molar-refractivity contribution is 6.12. The minimum Gasteiger partial charge on any atom is -0.483 e. The van der Waals surface area contributed by atoms with Crippen molar-refractivity contribution in [1.82, 2.24) is 5.43 Å². The second-order valence-electron chi connectivity index (χ2n) is 5.85. The number of para-hydroxylation sites is 1. The van der Waals surface area contributed by atoms with E-state index in [1.165, 1.54) is 6.21 Å². The van der Waals surface area contributed by atoms with Crippen molar-refractivity contribution >= 4 is 23.7 Å². The molecule has 3 rings (SSSR count). The maximum atomic E-state index is 11.9. The van der Waals surface area contributed by atoms with Crippen molar-refractivity contribution in [1.29, 1.82) is 0 Å². The SMILES string of the molecule is Cc1cccc(OCC(=O)NN=CC2C(=O)Nc3ccccc32)c1C. The van der Waals surface area contributed by atoms with Crippen molar-refractivity contribution in [2.75, 3.05) is 11.9 Å². The summed E-state index contributed by atoms with van der Waals surface area (Å²) in [5.74, 6) is -0.380. The summed E-state index contributed by atoms with van der Waals surface area (Å²) in [6.07, 6.45) is 1.43. The van der Waals surface area contributed by atoms with E-state index in [9.17, 15) is 9.59 Å². The summed E-state index contributed by atoms with van der Waals surface area (Å²) in [5.41, 5.74) is 6.10. The van der Waals surface area contributed by atoms with Crippen LogP contribution in [-0.4, -0.2) is 24.6 Å². The minimum atomic E-state index is -0.503. The molecule has 0 aliphatic carbocycles. The lowest BCUT2D eigenvalue weighted by atomic mass is 10.0. The standard InChI is InChI=1S/C19H19N3O3/c1-12-6-5-9-17(13(12)2)25-11-18(23)22-20-10-15-14-7-3-4-8-16(14)21-19(15)24/h3-10,15H,11H2,1-2H3,(H,21,24)(H,22,23). The zero-order valence-corrected chi connectivity index (χ0v) is 14.1. The number of aryl methyl sites for hydroxylation is 1. The molecule has 2 amide bonds. The molecule has 2 N–H and O–H groups in total. The Balaban J connectivity index is 1.55. The van der Waals surface area contributed by atoms with Gasteiger partial charge in [-0.05, 0) is 42.7 Å².